The number of nitrogens with one attached hydrogen (secondary N) is 2. The smallest absolute Gasteiger partial charge is 0.271 e. The van der Waals surface area contributed by atoms with E-state index in [4.69, 9.17) is 11.6 Å². The third-order valence-electron chi connectivity index (χ3n) is 4.09. The summed E-state index contributed by atoms with van der Waals surface area (Å²) >= 11 is 9.26. The molecule has 0 aliphatic heterocycles. The van der Waals surface area contributed by atoms with Crippen molar-refractivity contribution in [3.8, 4) is 0 Å². The van der Waals surface area contributed by atoms with Crippen LogP contribution in [0.4, 0.5) is 5.69 Å². The number of halogens is 2. The molecule has 30 heavy (non-hydrogen) atoms. The Labute approximate surface area is 188 Å². The van der Waals surface area contributed by atoms with Crippen LogP contribution in [0.3, 0.4) is 0 Å². The molecule has 0 spiro atoms. The average molecular weight is 507 g/mol. The standard InChI is InChI=1S/C21H17BrClN3O3S/c1-14(19-7-2-3-8-20(19)22)24-25-21(27)15-5-4-6-18(13-15)30(28,29)26-17-11-9-16(23)10-12-17/h2-13,26H,1H3,(H,25,27)/b24-14-. The molecule has 0 saturated heterocycles. The van der Waals surface area contributed by atoms with Crippen LogP contribution < -0.4 is 10.1 Å². The Morgan fingerprint density at radius 3 is 2.40 bits per heavy atom. The van der Waals surface area contributed by atoms with Crippen LogP contribution in [-0.2, 0) is 10.0 Å². The van der Waals surface area contributed by atoms with Crippen LogP contribution in [0.25, 0.3) is 0 Å². The van der Waals surface area contributed by atoms with Gasteiger partial charge in [0, 0.05) is 26.3 Å². The summed E-state index contributed by atoms with van der Waals surface area (Å²) in [7, 11) is -3.88. The van der Waals surface area contributed by atoms with Gasteiger partial charge in [-0.05, 0) is 55.5 Å². The lowest BCUT2D eigenvalue weighted by atomic mass is 10.1. The fourth-order valence-electron chi connectivity index (χ4n) is 2.55. The second kappa shape index (κ2) is 9.42. The van der Waals surface area contributed by atoms with Crippen LogP contribution in [0.5, 0.6) is 0 Å². The molecule has 0 fully saturated rings. The Morgan fingerprint density at radius 1 is 1.00 bits per heavy atom. The number of rotatable bonds is 6. The van der Waals surface area contributed by atoms with Crippen LogP contribution in [-0.4, -0.2) is 20.0 Å². The predicted molar refractivity (Wildman–Crippen MR) is 123 cm³/mol. The molecule has 0 aliphatic rings. The molecule has 1 amide bonds. The first kappa shape index (κ1) is 22.0. The number of sulfonamides is 1. The minimum Gasteiger partial charge on any atom is -0.280 e. The molecule has 3 rings (SSSR count). The lowest BCUT2D eigenvalue weighted by Gasteiger charge is -2.09. The van der Waals surface area contributed by atoms with Crippen LogP contribution in [0.1, 0.15) is 22.8 Å². The van der Waals surface area contributed by atoms with Crippen LogP contribution in [0.2, 0.25) is 5.02 Å². The van der Waals surface area contributed by atoms with Crippen molar-refractivity contribution < 1.29 is 13.2 Å². The largest absolute Gasteiger partial charge is 0.280 e. The van der Waals surface area contributed by atoms with Crippen LogP contribution >= 0.6 is 27.5 Å². The van der Waals surface area contributed by atoms with Crippen molar-refractivity contribution >= 4 is 54.9 Å². The van der Waals surface area contributed by atoms with Gasteiger partial charge >= 0.3 is 0 Å². The summed E-state index contributed by atoms with van der Waals surface area (Å²) in [6.07, 6.45) is 0. The minimum absolute atomic E-state index is 0.0448. The quantitative estimate of drug-likeness (QED) is 0.362. The normalized spacial score (nSPS) is 11.8. The predicted octanol–water partition coefficient (Wildman–Crippen LogP) is 5.06. The summed E-state index contributed by atoms with van der Waals surface area (Å²) in [5.41, 5.74) is 4.42. The zero-order valence-corrected chi connectivity index (χ0v) is 18.9. The van der Waals surface area contributed by atoms with E-state index in [1.165, 1.54) is 24.3 Å². The Hall–Kier alpha value is -2.68. The summed E-state index contributed by atoms with van der Waals surface area (Å²) in [4.78, 5) is 12.4. The molecule has 9 heteroatoms. The maximum Gasteiger partial charge on any atom is 0.271 e. The SMILES string of the molecule is C/C(=N/NC(=O)c1cccc(S(=O)(=O)Nc2ccc(Cl)cc2)c1)c1ccccc1Br. The first-order valence-corrected chi connectivity index (χ1v) is 11.4. The molecular formula is C21H17BrClN3O3S. The number of hydrogen-bond donors (Lipinski definition) is 2. The maximum absolute atomic E-state index is 12.6. The average Bonchev–Trinajstić information content (AvgIpc) is 2.73. The molecule has 6 nitrogen and oxygen atoms in total. The summed E-state index contributed by atoms with van der Waals surface area (Å²) in [6, 6.07) is 19.4. The number of nitrogens with zero attached hydrogens (tertiary/aromatic N) is 1. The number of anilines is 1. The summed E-state index contributed by atoms with van der Waals surface area (Å²) in [5.74, 6) is -0.523. The van der Waals surface area contributed by atoms with Gasteiger partial charge in [-0.3, -0.25) is 9.52 Å². The van der Waals surface area contributed by atoms with Crippen molar-refractivity contribution in [1.82, 2.24) is 5.43 Å². The fraction of sp³-hybridized carbons (Fsp3) is 0.0476. The molecule has 154 valence electrons. The Balaban J connectivity index is 1.77. The molecule has 0 atom stereocenters. The third kappa shape index (κ3) is 5.47. The van der Waals surface area contributed by atoms with Crippen molar-refractivity contribution in [3.05, 3.63) is 93.4 Å². The molecule has 0 unspecified atom stereocenters. The molecule has 2 N–H and O–H groups in total. The van der Waals surface area contributed by atoms with Gasteiger partial charge < -0.3 is 0 Å². The minimum atomic E-state index is -3.88. The highest BCUT2D eigenvalue weighted by Crippen LogP contribution is 2.20. The van der Waals surface area contributed by atoms with E-state index in [9.17, 15) is 13.2 Å². The summed E-state index contributed by atoms with van der Waals surface area (Å²) in [5, 5.41) is 4.60. The van der Waals surface area contributed by atoms with E-state index in [0.717, 1.165) is 10.0 Å². The van der Waals surface area contributed by atoms with Crippen molar-refractivity contribution in [3.63, 3.8) is 0 Å². The van der Waals surface area contributed by atoms with Gasteiger partial charge in [0.05, 0.1) is 10.6 Å². The van der Waals surface area contributed by atoms with E-state index in [0.29, 0.717) is 16.4 Å². The molecule has 0 aliphatic carbocycles. The number of carbonyl (C=O) groups is 1. The topological polar surface area (TPSA) is 87.6 Å². The number of amides is 1. The van der Waals surface area contributed by atoms with Crippen LogP contribution in [0, 0.1) is 0 Å². The van der Waals surface area contributed by atoms with E-state index in [1.807, 2.05) is 24.3 Å². The van der Waals surface area contributed by atoms with E-state index < -0.39 is 15.9 Å². The van der Waals surface area contributed by atoms with Gasteiger partial charge in [-0.2, -0.15) is 5.10 Å². The van der Waals surface area contributed by atoms with Gasteiger partial charge in [-0.1, -0.05) is 51.8 Å². The lowest BCUT2D eigenvalue weighted by molar-refractivity contribution is 0.0954. The van der Waals surface area contributed by atoms with Crippen LogP contribution in [0.15, 0.2) is 87.3 Å². The zero-order chi connectivity index (χ0) is 21.7. The van der Waals surface area contributed by atoms with Crippen molar-refractivity contribution in [1.29, 1.82) is 0 Å². The van der Waals surface area contributed by atoms with Gasteiger partial charge in [-0.15, -0.1) is 0 Å². The van der Waals surface area contributed by atoms with Gasteiger partial charge in [0.15, 0.2) is 0 Å². The molecule has 0 aromatic heterocycles. The fourth-order valence-corrected chi connectivity index (χ4v) is 4.35. The van der Waals surface area contributed by atoms with Crippen molar-refractivity contribution in [2.75, 3.05) is 4.72 Å². The van der Waals surface area contributed by atoms with Crippen molar-refractivity contribution in [2.24, 2.45) is 5.10 Å². The summed E-state index contributed by atoms with van der Waals surface area (Å²) < 4.78 is 28.6. The summed E-state index contributed by atoms with van der Waals surface area (Å²) in [6.45, 7) is 1.76. The zero-order valence-electron chi connectivity index (χ0n) is 15.8. The molecule has 0 heterocycles. The molecule has 0 saturated carbocycles. The van der Waals surface area contributed by atoms with E-state index >= 15 is 0 Å². The lowest BCUT2D eigenvalue weighted by Crippen LogP contribution is -2.20. The first-order valence-electron chi connectivity index (χ1n) is 8.74. The Bertz CT molecular complexity index is 1210. The first-order chi connectivity index (χ1) is 14.3. The van der Waals surface area contributed by atoms with E-state index in [1.54, 1.807) is 31.2 Å². The second-order valence-corrected chi connectivity index (χ2v) is 9.23. The monoisotopic (exact) mass is 505 g/mol. The molecule has 0 bridgehead atoms. The molecular weight excluding hydrogens is 490 g/mol. The number of hydrogen-bond acceptors (Lipinski definition) is 4. The third-order valence-corrected chi connectivity index (χ3v) is 6.41. The number of carbonyl (C=O) groups excluding carboxylic acids is 1. The second-order valence-electron chi connectivity index (χ2n) is 6.26. The Morgan fingerprint density at radius 2 is 1.70 bits per heavy atom. The molecule has 3 aromatic carbocycles. The Kier molecular flexibility index (Phi) is 6.91. The van der Waals surface area contributed by atoms with Gasteiger partial charge in [0.25, 0.3) is 15.9 Å². The van der Waals surface area contributed by atoms with Gasteiger partial charge in [-0.25, -0.2) is 13.8 Å². The van der Waals surface area contributed by atoms with Gasteiger partial charge in [0.2, 0.25) is 0 Å². The van der Waals surface area contributed by atoms with E-state index in [-0.39, 0.29) is 10.5 Å². The number of benzene rings is 3. The van der Waals surface area contributed by atoms with Gasteiger partial charge in [0.1, 0.15) is 0 Å². The highest BCUT2D eigenvalue weighted by molar-refractivity contribution is 9.10. The highest BCUT2D eigenvalue weighted by atomic mass is 79.9. The number of hydrazone groups is 1. The van der Waals surface area contributed by atoms with Crippen molar-refractivity contribution in [2.45, 2.75) is 11.8 Å². The van der Waals surface area contributed by atoms with E-state index in [2.05, 4.69) is 31.2 Å². The molecule has 3 aromatic rings. The maximum atomic E-state index is 12.6. The highest BCUT2D eigenvalue weighted by Gasteiger charge is 2.16. The molecule has 0 radical (unpaired) electrons.